The largest absolute Gasteiger partial charge is 0.465 e. The summed E-state index contributed by atoms with van der Waals surface area (Å²) < 4.78 is 5.56. The molecular formula is C13H17ClO2S. The highest BCUT2D eigenvalue weighted by Gasteiger charge is 2.14. The standard InChI is InChI=1S/C11H11ClO2S.C2H6/c1-4-6-8-7(5-2)9(12)10(15-8)11(13)14-3;1-2/h4-6H,1H2,2-3H3;1-2H3/b7-5+,8-6+;. The second-order valence-electron chi connectivity index (χ2n) is 2.71. The van der Waals surface area contributed by atoms with Gasteiger partial charge in [0.25, 0.3) is 0 Å². The molecule has 0 saturated carbocycles. The number of rotatable bonds is 2. The zero-order chi connectivity index (χ0) is 13.4. The minimum absolute atomic E-state index is 0.406. The second kappa shape index (κ2) is 8.09. The fourth-order valence-electron chi connectivity index (χ4n) is 1.16. The zero-order valence-corrected chi connectivity index (χ0v) is 12.1. The lowest BCUT2D eigenvalue weighted by Gasteiger charge is -1.93. The van der Waals surface area contributed by atoms with E-state index >= 15 is 0 Å². The van der Waals surface area contributed by atoms with Gasteiger partial charge >= 0.3 is 5.97 Å². The maximum absolute atomic E-state index is 11.4. The molecule has 0 atom stereocenters. The van der Waals surface area contributed by atoms with Crippen LogP contribution in [0.1, 0.15) is 30.4 Å². The van der Waals surface area contributed by atoms with E-state index in [1.54, 1.807) is 6.08 Å². The molecule has 0 aliphatic heterocycles. The van der Waals surface area contributed by atoms with Gasteiger partial charge in [0, 0.05) is 9.75 Å². The third kappa shape index (κ3) is 3.72. The quantitative estimate of drug-likeness (QED) is 0.774. The van der Waals surface area contributed by atoms with Crippen LogP contribution in [0.3, 0.4) is 0 Å². The van der Waals surface area contributed by atoms with Crippen molar-refractivity contribution in [3.63, 3.8) is 0 Å². The summed E-state index contributed by atoms with van der Waals surface area (Å²) in [5.74, 6) is -0.406. The molecule has 0 spiro atoms. The van der Waals surface area contributed by atoms with Crippen molar-refractivity contribution >= 4 is 41.1 Å². The summed E-state index contributed by atoms with van der Waals surface area (Å²) in [6, 6.07) is 0. The van der Waals surface area contributed by atoms with Crippen molar-refractivity contribution in [1.82, 2.24) is 0 Å². The number of methoxy groups -OCH3 is 1. The molecule has 0 aliphatic rings. The van der Waals surface area contributed by atoms with Gasteiger partial charge in [-0.15, -0.1) is 11.3 Å². The van der Waals surface area contributed by atoms with Crippen molar-refractivity contribution in [3.05, 3.63) is 32.3 Å². The number of halogens is 1. The molecule has 1 rings (SSSR count). The molecule has 0 unspecified atom stereocenters. The Morgan fingerprint density at radius 2 is 2.06 bits per heavy atom. The number of hydrogen-bond acceptors (Lipinski definition) is 3. The molecule has 94 valence electrons. The predicted molar refractivity (Wildman–Crippen MR) is 76.1 cm³/mol. The van der Waals surface area contributed by atoms with Crippen molar-refractivity contribution < 1.29 is 9.53 Å². The number of hydrogen-bond donors (Lipinski definition) is 0. The Morgan fingerprint density at radius 3 is 2.47 bits per heavy atom. The van der Waals surface area contributed by atoms with E-state index in [0.29, 0.717) is 9.90 Å². The van der Waals surface area contributed by atoms with E-state index in [9.17, 15) is 4.79 Å². The summed E-state index contributed by atoms with van der Waals surface area (Å²) in [5, 5.41) is 1.30. The van der Waals surface area contributed by atoms with Crippen LogP contribution in [-0.2, 0) is 4.74 Å². The third-order valence-electron chi connectivity index (χ3n) is 1.84. The highest BCUT2D eigenvalue weighted by atomic mass is 35.5. The average molecular weight is 273 g/mol. The van der Waals surface area contributed by atoms with Crippen molar-refractivity contribution in [1.29, 1.82) is 0 Å². The maximum Gasteiger partial charge on any atom is 0.349 e. The number of carbonyl (C=O) groups excluding carboxylic acids is 1. The lowest BCUT2D eigenvalue weighted by Crippen LogP contribution is -2.17. The summed E-state index contributed by atoms with van der Waals surface area (Å²) in [5.41, 5.74) is 0. The molecule has 0 aromatic carbocycles. The predicted octanol–water partition coefficient (Wildman–Crippen LogP) is 2.98. The summed E-state index contributed by atoms with van der Waals surface area (Å²) in [6.07, 6.45) is 5.34. The van der Waals surface area contributed by atoms with Crippen LogP contribution in [0.25, 0.3) is 12.2 Å². The Hall–Kier alpha value is -1.06. The van der Waals surface area contributed by atoms with Gasteiger partial charge in [-0.1, -0.05) is 44.2 Å². The third-order valence-corrected chi connectivity index (χ3v) is 3.50. The summed E-state index contributed by atoms with van der Waals surface area (Å²) in [6.45, 7) is 9.48. The van der Waals surface area contributed by atoms with Crippen LogP contribution in [0.4, 0.5) is 0 Å². The van der Waals surface area contributed by atoms with E-state index < -0.39 is 5.97 Å². The van der Waals surface area contributed by atoms with Crippen LogP contribution in [-0.4, -0.2) is 13.1 Å². The SMILES string of the molecule is C=C/C=c1/sc(C(=O)OC)c(Cl)/c1=C/C.CC. The van der Waals surface area contributed by atoms with E-state index in [4.69, 9.17) is 11.6 Å². The van der Waals surface area contributed by atoms with Gasteiger partial charge in [0.2, 0.25) is 0 Å². The van der Waals surface area contributed by atoms with Crippen molar-refractivity contribution in [2.45, 2.75) is 20.8 Å². The Labute approximate surface area is 111 Å². The Bertz CT molecular complexity index is 500. The molecule has 0 saturated heterocycles. The number of ether oxygens (including phenoxy) is 1. The molecule has 1 aromatic heterocycles. The van der Waals surface area contributed by atoms with Crippen molar-refractivity contribution in [3.8, 4) is 0 Å². The fourth-order valence-corrected chi connectivity index (χ4v) is 2.70. The Morgan fingerprint density at radius 1 is 1.47 bits per heavy atom. The monoisotopic (exact) mass is 272 g/mol. The van der Waals surface area contributed by atoms with Crippen LogP contribution in [0.15, 0.2) is 12.7 Å². The van der Waals surface area contributed by atoms with Crippen LogP contribution in [0.2, 0.25) is 5.02 Å². The highest BCUT2D eigenvalue weighted by Crippen LogP contribution is 2.15. The molecule has 1 heterocycles. The zero-order valence-electron chi connectivity index (χ0n) is 10.5. The molecule has 0 fully saturated rings. The van der Waals surface area contributed by atoms with Gasteiger partial charge in [0.05, 0.1) is 12.1 Å². The van der Waals surface area contributed by atoms with Gasteiger partial charge in [0.15, 0.2) is 0 Å². The highest BCUT2D eigenvalue weighted by molar-refractivity contribution is 7.12. The van der Waals surface area contributed by atoms with E-state index in [1.165, 1.54) is 18.4 Å². The molecule has 0 amide bonds. The van der Waals surface area contributed by atoms with Crippen LogP contribution in [0.5, 0.6) is 0 Å². The van der Waals surface area contributed by atoms with Gasteiger partial charge in [-0.05, 0) is 13.0 Å². The summed E-state index contributed by atoms with van der Waals surface area (Å²) in [4.78, 5) is 11.8. The topological polar surface area (TPSA) is 26.3 Å². The molecule has 2 nitrogen and oxygen atoms in total. The number of esters is 1. The van der Waals surface area contributed by atoms with Gasteiger partial charge in [0.1, 0.15) is 4.88 Å². The summed E-state index contributed by atoms with van der Waals surface area (Å²) in [7, 11) is 1.34. The van der Waals surface area contributed by atoms with Crippen LogP contribution >= 0.6 is 22.9 Å². The van der Waals surface area contributed by atoms with Crippen molar-refractivity contribution in [2.24, 2.45) is 0 Å². The Kier molecular flexibility index (Phi) is 7.59. The van der Waals surface area contributed by atoms with Crippen LogP contribution in [0, 0.1) is 0 Å². The van der Waals surface area contributed by atoms with E-state index in [0.717, 1.165) is 9.75 Å². The molecule has 4 heteroatoms. The molecule has 0 aliphatic carbocycles. The first kappa shape index (κ1) is 15.9. The normalized spacial score (nSPS) is 11.8. The van der Waals surface area contributed by atoms with E-state index in [1.807, 2.05) is 32.9 Å². The van der Waals surface area contributed by atoms with Gasteiger partial charge in [-0.3, -0.25) is 0 Å². The van der Waals surface area contributed by atoms with Crippen LogP contribution < -0.4 is 9.75 Å². The lowest BCUT2D eigenvalue weighted by molar-refractivity contribution is 0.0606. The minimum Gasteiger partial charge on any atom is -0.465 e. The first-order valence-electron chi connectivity index (χ1n) is 5.31. The molecule has 1 aromatic rings. The molecular weight excluding hydrogens is 256 g/mol. The van der Waals surface area contributed by atoms with Gasteiger partial charge < -0.3 is 4.74 Å². The molecule has 0 bridgehead atoms. The van der Waals surface area contributed by atoms with E-state index in [-0.39, 0.29) is 0 Å². The molecule has 0 N–H and O–H groups in total. The van der Waals surface area contributed by atoms with Gasteiger partial charge in [-0.2, -0.15) is 0 Å². The molecule has 17 heavy (non-hydrogen) atoms. The van der Waals surface area contributed by atoms with Crippen molar-refractivity contribution in [2.75, 3.05) is 7.11 Å². The molecule has 0 radical (unpaired) electrons. The minimum atomic E-state index is -0.406. The summed E-state index contributed by atoms with van der Waals surface area (Å²) >= 11 is 7.37. The average Bonchev–Trinajstić information content (AvgIpc) is 2.68. The maximum atomic E-state index is 11.4. The first-order chi connectivity index (χ1) is 8.15. The number of allylic oxidation sites excluding steroid dienone is 1. The lowest BCUT2D eigenvalue weighted by atomic mass is 10.3. The smallest absolute Gasteiger partial charge is 0.349 e. The fraction of sp³-hybridized carbons (Fsp3) is 0.308. The number of carbonyl (C=O) groups is 1. The Balaban J connectivity index is 0.00000121. The second-order valence-corrected chi connectivity index (χ2v) is 4.14. The van der Waals surface area contributed by atoms with Gasteiger partial charge in [-0.25, -0.2) is 4.79 Å². The number of thiophene rings is 1. The first-order valence-corrected chi connectivity index (χ1v) is 6.50. The van der Waals surface area contributed by atoms with E-state index in [2.05, 4.69) is 11.3 Å².